The lowest BCUT2D eigenvalue weighted by Crippen LogP contribution is -2.48. The minimum Gasteiger partial charge on any atom is -0.384 e. The Bertz CT molecular complexity index is 547. The maximum Gasteiger partial charge on any atom is 0.255 e. The third-order valence-electron chi connectivity index (χ3n) is 3.60. The SMILES string of the molecule is CC1SCCN(C(=O)c2ccccc2C#CCO)C1C. The first-order valence-electron chi connectivity index (χ1n) is 6.76. The average molecular weight is 289 g/mol. The summed E-state index contributed by atoms with van der Waals surface area (Å²) in [5, 5.41) is 9.26. The van der Waals surface area contributed by atoms with Gasteiger partial charge in [0.2, 0.25) is 0 Å². The van der Waals surface area contributed by atoms with E-state index in [2.05, 4.69) is 25.7 Å². The summed E-state index contributed by atoms with van der Waals surface area (Å²) in [6.45, 7) is 4.83. The number of rotatable bonds is 1. The molecule has 1 saturated heterocycles. The van der Waals surface area contributed by atoms with Crippen LogP contribution < -0.4 is 0 Å². The van der Waals surface area contributed by atoms with E-state index in [4.69, 9.17) is 5.11 Å². The molecule has 1 fully saturated rings. The molecule has 4 heteroatoms. The first kappa shape index (κ1) is 15.0. The minimum absolute atomic E-state index is 0.0347. The van der Waals surface area contributed by atoms with E-state index in [1.807, 2.05) is 40.9 Å². The van der Waals surface area contributed by atoms with Crippen LogP contribution in [-0.4, -0.2) is 46.1 Å². The van der Waals surface area contributed by atoms with Gasteiger partial charge in [0.1, 0.15) is 6.61 Å². The average Bonchev–Trinajstić information content (AvgIpc) is 2.47. The highest BCUT2D eigenvalue weighted by molar-refractivity contribution is 8.00. The van der Waals surface area contributed by atoms with E-state index in [1.54, 1.807) is 0 Å². The Kier molecular flexibility index (Phi) is 5.11. The Balaban J connectivity index is 2.29. The molecule has 1 N–H and O–H groups in total. The Labute approximate surface area is 124 Å². The molecular formula is C16H19NO2S. The number of aliphatic hydroxyl groups is 1. The second-order valence-corrected chi connectivity index (χ2v) is 6.31. The number of carbonyl (C=O) groups excluding carboxylic acids is 1. The van der Waals surface area contributed by atoms with E-state index in [1.165, 1.54) is 0 Å². The number of aliphatic hydroxyl groups excluding tert-OH is 1. The predicted molar refractivity (Wildman–Crippen MR) is 82.8 cm³/mol. The molecule has 1 aliphatic heterocycles. The molecule has 2 atom stereocenters. The van der Waals surface area contributed by atoms with Crippen molar-refractivity contribution in [2.45, 2.75) is 25.1 Å². The second-order valence-electron chi connectivity index (χ2n) is 4.82. The lowest BCUT2D eigenvalue weighted by Gasteiger charge is -2.37. The molecular weight excluding hydrogens is 270 g/mol. The Morgan fingerprint density at radius 1 is 1.45 bits per heavy atom. The number of nitrogens with zero attached hydrogens (tertiary/aromatic N) is 1. The monoisotopic (exact) mass is 289 g/mol. The summed E-state index contributed by atoms with van der Waals surface area (Å²) in [7, 11) is 0. The highest BCUT2D eigenvalue weighted by atomic mass is 32.2. The topological polar surface area (TPSA) is 40.5 Å². The fourth-order valence-electron chi connectivity index (χ4n) is 2.29. The molecule has 1 heterocycles. The zero-order chi connectivity index (χ0) is 14.5. The molecule has 2 rings (SSSR count). The van der Waals surface area contributed by atoms with Gasteiger partial charge < -0.3 is 10.0 Å². The van der Waals surface area contributed by atoms with Crippen molar-refractivity contribution in [3.8, 4) is 11.8 Å². The van der Waals surface area contributed by atoms with Gasteiger partial charge in [0.05, 0.1) is 5.56 Å². The zero-order valence-corrected chi connectivity index (χ0v) is 12.6. The normalized spacial score (nSPS) is 22.1. The molecule has 20 heavy (non-hydrogen) atoms. The van der Waals surface area contributed by atoms with E-state index < -0.39 is 0 Å². The van der Waals surface area contributed by atoms with Crippen molar-refractivity contribution in [3.05, 3.63) is 35.4 Å². The molecule has 1 aromatic carbocycles. The van der Waals surface area contributed by atoms with Crippen molar-refractivity contribution in [1.82, 2.24) is 4.90 Å². The number of hydrogen-bond acceptors (Lipinski definition) is 3. The number of carbonyl (C=O) groups is 1. The lowest BCUT2D eigenvalue weighted by molar-refractivity contribution is 0.0698. The highest BCUT2D eigenvalue weighted by Gasteiger charge is 2.30. The molecule has 0 aromatic heterocycles. The summed E-state index contributed by atoms with van der Waals surface area (Å²) in [6.07, 6.45) is 0. The predicted octanol–water partition coefficient (Wildman–Crippen LogP) is 2.00. The smallest absolute Gasteiger partial charge is 0.255 e. The molecule has 0 aliphatic carbocycles. The van der Waals surface area contributed by atoms with Gasteiger partial charge in [-0.05, 0) is 19.1 Å². The van der Waals surface area contributed by atoms with Gasteiger partial charge in [-0.15, -0.1) is 0 Å². The fourth-order valence-corrected chi connectivity index (χ4v) is 3.39. The molecule has 106 valence electrons. The number of benzene rings is 1. The molecule has 0 spiro atoms. The fraction of sp³-hybridized carbons (Fsp3) is 0.438. The Morgan fingerprint density at radius 3 is 2.95 bits per heavy atom. The van der Waals surface area contributed by atoms with Crippen LogP contribution in [0, 0.1) is 11.8 Å². The van der Waals surface area contributed by atoms with Gasteiger partial charge in [-0.25, -0.2) is 0 Å². The molecule has 0 bridgehead atoms. The van der Waals surface area contributed by atoms with E-state index in [0.717, 1.165) is 12.3 Å². The molecule has 3 nitrogen and oxygen atoms in total. The van der Waals surface area contributed by atoms with Crippen LogP contribution in [0.25, 0.3) is 0 Å². The summed E-state index contributed by atoms with van der Waals surface area (Å²) in [5.41, 5.74) is 1.31. The van der Waals surface area contributed by atoms with Gasteiger partial charge in [0.25, 0.3) is 5.91 Å². The Hall–Kier alpha value is -1.44. The molecule has 1 amide bonds. The Morgan fingerprint density at radius 2 is 2.20 bits per heavy atom. The first-order valence-corrected chi connectivity index (χ1v) is 7.81. The van der Waals surface area contributed by atoms with Gasteiger partial charge in [0.15, 0.2) is 0 Å². The maximum absolute atomic E-state index is 12.7. The number of hydrogen-bond donors (Lipinski definition) is 1. The third kappa shape index (κ3) is 3.17. The van der Waals surface area contributed by atoms with Crippen LogP contribution >= 0.6 is 11.8 Å². The molecule has 1 aliphatic rings. The third-order valence-corrected chi connectivity index (χ3v) is 4.94. The summed E-state index contributed by atoms with van der Waals surface area (Å²) in [6, 6.07) is 7.56. The van der Waals surface area contributed by atoms with Crippen LogP contribution in [0.5, 0.6) is 0 Å². The van der Waals surface area contributed by atoms with Crippen molar-refractivity contribution >= 4 is 17.7 Å². The van der Waals surface area contributed by atoms with Crippen LogP contribution in [-0.2, 0) is 0 Å². The van der Waals surface area contributed by atoms with E-state index >= 15 is 0 Å². The van der Waals surface area contributed by atoms with Crippen molar-refractivity contribution < 1.29 is 9.90 Å². The van der Waals surface area contributed by atoms with Gasteiger partial charge in [-0.3, -0.25) is 4.79 Å². The molecule has 2 unspecified atom stereocenters. The molecule has 0 radical (unpaired) electrons. The van der Waals surface area contributed by atoms with E-state index in [0.29, 0.717) is 16.4 Å². The molecule has 0 saturated carbocycles. The number of thioether (sulfide) groups is 1. The minimum atomic E-state index is -0.198. The van der Waals surface area contributed by atoms with Crippen molar-refractivity contribution in [2.24, 2.45) is 0 Å². The lowest BCUT2D eigenvalue weighted by atomic mass is 10.0. The standard InChI is InChI=1S/C16H19NO2S/c1-12-13(2)20-11-9-17(12)16(19)15-8-4-3-6-14(15)7-5-10-18/h3-4,6,8,12-13,18H,9-11H2,1-2H3. The van der Waals surface area contributed by atoms with Crippen LogP contribution in [0.2, 0.25) is 0 Å². The van der Waals surface area contributed by atoms with Crippen LogP contribution in [0.4, 0.5) is 0 Å². The summed E-state index contributed by atoms with van der Waals surface area (Å²) >= 11 is 1.91. The van der Waals surface area contributed by atoms with Crippen LogP contribution in [0.3, 0.4) is 0 Å². The van der Waals surface area contributed by atoms with Crippen LogP contribution in [0.15, 0.2) is 24.3 Å². The molecule has 1 aromatic rings. The van der Waals surface area contributed by atoms with E-state index in [-0.39, 0.29) is 18.6 Å². The van der Waals surface area contributed by atoms with Crippen molar-refractivity contribution in [3.63, 3.8) is 0 Å². The van der Waals surface area contributed by atoms with Gasteiger partial charge in [-0.1, -0.05) is 30.9 Å². The van der Waals surface area contributed by atoms with Gasteiger partial charge in [-0.2, -0.15) is 11.8 Å². The van der Waals surface area contributed by atoms with Gasteiger partial charge >= 0.3 is 0 Å². The van der Waals surface area contributed by atoms with Crippen molar-refractivity contribution in [1.29, 1.82) is 0 Å². The largest absolute Gasteiger partial charge is 0.384 e. The van der Waals surface area contributed by atoms with Crippen LogP contribution in [0.1, 0.15) is 29.8 Å². The summed E-state index contributed by atoms with van der Waals surface area (Å²) in [5.74, 6) is 6.48. The second kappa shape index (κ2) is 6.83. The zero-order valence-electron chi connectivity index (χ0n) is 11.8. The summed E-state index contributed by atoms with van der Waals surface area (Å²) in [4.78, 5) is 14.7. The quantitative estimate of drug-likeness (QED) is 0.804. The summed E-state index contributed by atoms with van der Waals surface area (Å²) < 4.78 is 0. The van der Waals surface area contributed by atoms with E-state index in [9.17, 15) is 4.79 Å². The number of amides is 1. The first-order chi connectivity index (χ1) is 9.65. The van der Waals surface area contributed by atoms with Gasteiger partial charge in [0, 0.05) is 29.2 Å². The van der Waals surface area contributed by atoms with Crippen molar-refractivity contribution in [2.75, 3.05) is 18.9 Å². The highest BCUT2D eigenvalue weighted by Crippen LogP contribution is 2.26. The maximum atomic E-state index is 12.7.